The van der Waals surface area contributed by atoms with Crippen LogP contribution in [0.25, 0.3) is 0 Å². The SMILES string of the molecule is O=C(O)CC(S[Se]c1ccccc1C(=O)Nc1ccccc1)C(=O)O. The third-order valence-corrected chi connectivity index (χ3v) is 7.87. The van der Waals surface area contributed by atoms with Crippen molar-refractivity contribution in [2.24, 2.45) is 0 Å². The second-order valence-corrected chi connectivity index (χ2v) is 9.03. The van der Waals surface area contributed by atoms with Gasteiger partial charge in [0.15, 0.2) is 0 Å². The molecule has 2 aromatic rings. The standard InChI is InChI=1S/C17H15NO5SSe/c19-15(20)10-13(17(22)23)24-25-14-9-5-4-8-12(14)16(21)18-11-6-2-1-3-7-11/h1-9,13H,10H2,(H,18,21)(H,19,20)(H,22,23). The van der Waals surface area contributed by atoms with Crippen molar-refractivity contribution in [3.05, 3.63) is 60.2 Å². The molecular weight excluding hydrogens is 409 g/mol. The molecule has 3 N–H and O–H groups in total. The zero-order valence-electron chi connectivity index (χ0n) is 12.9. The van der Waals surface area contributed by atoms with Gasteiger partial charge in [-0.2, -0.15) is 0 Å². The van der Waals surface area contributed by atoms with E-state index in [0.717, 1.165) is 10.2 Å². The van der Waals surface area contributed by atoms with Crippen molar-refractivity contribution in [3.8, 4) is 0 Å². The molecule has 0 radical (unpaired) electrons. The van der Waals surface area contributed by atoms with Crippen LogP contribution in [0.4, 0.5) is 5.69 Å². The van der Waals surface area contributed by atoms with Crippen molar-refractivity contribution in [2.45, 2.75) is 11.7 Å². The quantitative estimate of drug-likeness (QED) is 0.559. The Kier molecular flexibility index (Phi) is 7.06. The zero-order valence-corrected chi connectivity index (χ0v) is 15.4. The average Bonchev–Trinajstić information content (AvgIpc) is 2.59. The van der Waals surface area contributed by atoms with Gasteiger partial charge in [-0.1, -0.05) is 0 Å². The molecule has 0 heterocycles. The van der Waals surface area contributed by atoms with E-state index >= 15 is 0 Å². The fourth-order valence-electron chi connectivity index (χ4n) is 1.88. The van der Waals surface area contributed by atoms with Gasteiger partial charge in [0, 0.05) is 0 Å². The van der Waals surface area contributed by atoms with Crippen molar-refractivity contribution >= 4 is 52.0 Å². The van der Waals surface area contributed by atoms with Gasteiger partial charge in [-0.25, -0.2) is 0 Å². The Morgan fingerprint density at radius 1 is 1.00 bits per heavy atom. The molecule has 8 heteroatoms. The second-order valence-electron chi connectivity index (χ2n) is 4.92. The van der Waals surface area contributed by atoms with E-state index in [4.69, 9.17) is 10.2 Å². The van der Waals surface area contributed by atoms with E-state index in [2.05, 4.69) is 5.32 Å². The Hall–Kier alpha value is -2.28. The minimum atomic E-state index is -1.17. The van der Waals surface area contributed by atoms with Gasteiger partial charge in [-0.05, 0) is 0 Å². The number of hydrogen-bond donors (Lipinski definition) is 3. The summed E-state index contributed by atoms with van der Waals surface area (Å²) < 4.78 is 0.713. The van der Waals surface area contributed by atoms with Crippen molar-refractivity contribution < 1.29 is 24.6 Å². The molecule has 6 nitrogen and oxygen atoms in total. The molecule has 2 rings (SSSR count). The Labute approximate surface area is 153 Å². The number of amides is 1. The molecule has 0 aliphatic heterocycles. The first-order chi connectivity index (χ1) is 12.0. The summed E-state index contributed by atoms with van der Waals surface area (Å²) in [6.45, 7) is 0. The Morgan fingerprint density at radius 3 is 2.28 bits per heavy atom. The van der Waals surface area contributed by atoms with Gasteiger partial charge in [-0.3, -0.25) is 0 Å². The third-order valence-electron chi connectivity index (χ3n) is 3.05. The molecule has 0 saturated carbocycles. The number of carbonyl (C=O) groups is 3. The van der Waals surface area contributed by atoms with Crippen LogP contribution in [0.1, 0.15) is 16.8 Å². The topological polar surface area (TPSA) is 104 Å². The average molecular weight is 424 g/mol. The molecule has 0 aromatic heterocycles. The van der Waals surface area contributed by atoms with E-state index in [1.165, 1.54) is 0 Å². The Balaban J connectivity index is 2.10. The number of benzene rings is 2. The van der Waals surface area contributed by atoms with E-state index in [0.29, 0.717) is 15.7 Å². The molecular formula is C17H15NO5SSe. The predicted octanol–water partition coefficient (Wildman–Crippen LogP) is 1.84. The fraction of sp³-hybridized carbons (Fsp3) is 0.118. The maximum atomic E-state index is 12.5. The van der Waals surface area contributed by atoms with Gasteiger partial charge < -0.3 is 0 Å². The molecule has 0 saturated heterocycles. The Morgan fingerprint density at radius 2 is 1.64 bits per heavy atom. The first-order valence-corrected chi connectivity index (χ1v) is 11.0. The predicted molar refractivity (Wildman–Crippen MR) is 97.5 cm³/mol. The van der Waals surface area contributed by atoms with E-state index in [-0.39, 0.29) is 5.91 Å². The molecule has 0 spiro atoms. The summed E-state index contributed by atoms with van der Waals surface area (Å²) in [7, 11) is 1.05. The summed E-state index contributed by atoms with van der Waals surface area (Å²) in [6, 6.07) is 15.9. The summed E-state index contributed by atoms with van der Waals surface area (Å²) in [5.74, 6) is -2.61. The first-order valence-electron chi connectivity index (χ1n) is 7.20. The number of para-hydroxylation sites is 1. The van der Waals surface area contributed by atoms with Gasteiger partial charge in [0.2, 0.25) is 0 Å². The molecule has 25 heavy (non-hydrogen) atoms. The van der Waals surface area contributed by atoms with Crippen LogP contribution >= 0.6 is 10.2 Å². The van der Waals surface area contributed by atoms with Crippen molar-refractivity contribution in [3.63, 3.8) is 0 Å². The monoisotopic (exact) mass is 425 g/mol. The van der Waals surface area contributed by atoms with E-state index in [1.807, 2.05) is 18.2 Å². The molecule has 2 aromatic carbocycles. The van der Waals surface area contributed by atoms with E-state index < -0.39 is 37.4 Å². The number of carbonyl (C=O) groups excluding carboxylic acids is 1. The molecule has 0 aliphatic rings. The van der Waals surface area contributed by atoms with E-state index in [1.54, 1.807) is 36.4 Å². The van der Waals surface area contributed by atoms with Crippen LogP contribution < -0.4 is 9.78 Å². The zero-order chi connectivity index (χ0) is 18.2. The van der Waals surface area contributed by atoms with Gasteiger partial charge in [0.05, 0.1) is 0 Å². The van der Waals surface area contributed by atoms with Crippen molar-refractivity contribution in [1.82, 2.24) is 0 Å². The minimum absolute atomic E-state index is 0.283. The summed E-state index contributed by atoms with van der Waals surface area (Å²) in [4.78, 5) is 34.4. The first kappa shape index (κ1) is 19.0. The van der Waals surface area contributed by atoms with Crippen molar-refractivity contribution in [1.29, 1.82) is 0 Å². The summed E-state index contributed by atoms with van der Waals surface area (Å²) in [6.07, 6.45) is -0.458. The number of aliphatic carboxylic acids is 2. The number of anilines is 1. The van der Waals surface area contributed by atoms with Crippen LogP contribution in [-0.4, -0.2) is 47.1 Å². The van der Waals surface area contributed by atoms with Gasteiger partial charge in [0.25, 0.3) is 0 Å². The number of hydrogen-bond acceptors (Lipinski definition) is 4. The summed E-state index contributed by atoms with van der Waals surface area (Å²) >= 11 is -0.414. The Bertz CT molecular complexity index is 769. The van der Waals surface area contributed by atoms with Crippen LogP contribution in [0.5, 0.6) is 0 Å². The third kappa shape index (κ3) is 5.94. The molecule has 0 bridgehead atoms. The fourth-order valence-corrected chi connectivity index (χ4v) is 6.28. The van der Waals surface area contributed by atoms with Gasteiger partial charge >= 0.3 is 154 Å². The molecule has 0 aliphatic carbocycles. The summed E-state index contributed by atoms with van der Waals surface area (Å²) in [5.41, 5.74) is 1.12. The molecule has 1 amide bonds. The molecule has 1 atom stereocenters. The second kappa shape index (κ2) is 9.27. The normalized spacial score (nSPS) is 11.5. The van der Waals surface area contributed by atoms with Crippen LogP contribution in [0.3, 0.4) is 0 Å². The number of carboxylic acid groups (broad SMARTS) is 2. The van der Waals surface area contributed by atoms with Crippen LogP contribution in [-0.2, 0) is 9.59 Å². The van der Waals surface area contributed by atoms with Crippen molar-refractivity contribution in [2.75, 3.05) is 5.32 Å². The molecule has 0 fully saturated rings. The maximum absolute atomic E-state index is 12.5. The number of carboxylic acids is 2. The van der Waals surface area contributed by atoms with Crippen LogP contribution in [0.15, 0.2) is 54.6 Å². The number of nitrogens with one attached hydrogen (secondary N) is 1. The van der Waals surface area contributed by atoms with Crippen LogP contribution in [0, 0.1) is 0 Å². The van der Waals surface area contributed by atoms with Crippen LogP contribution in [0.2, 0.25) is 0 Å². The molecule has 130 valence electrons. The van der Waals surface area contributed by atoms with Gasteiger partial charge in [0.1, 0.15) is 0 Å². The molecule has 1 unspecified atom stereocenters. The number of rotatable bonds is 8. The summed E-state index contributed by atoms with van der Waals surface area (Å²) in [5, 5.41) is 19.7. The van der Waals surface area contributed by atoms with E-state index in [9.17, 15) is 14.4 Å². The van der Waals surface area contributed by atoms with Gasteiger partial charge in [-0.15, -0.1) is 0 Å².